The molecule has 3 N–H and O–H groups in total. The molecule has 0 spiro atoms. The third-order valence-electron chi connectivity index (χ3n) is 6.14. The van der Waals surface area contributed by atoms with Crippen molar-refractivity contribution in [3.8, 4) is 0 Å². The number of amides is 1. The standard InChI is InChI=1S/C26H48N2O4S2/c1-3-4-5-6-7-8-9-10-11-12-13-14-15-16-17-18-21-27-26(30)25(23(2)29)28-34(31,32)24-20-19-22-33-24/h19-20,22-23,25,28-29H,3-18,21H2,1-2H3,(H,27,30)/t23-,25+/m1/s1. The first kappa shape index (κ1) is 31.1. The summed E-state index contributed by atoms with van der Waals surface area (Å²) < 4.78 is 27.2. The van der Waals surface area contributed by atoms with Crippen LogP contribution in [-0.2, 0) is 14.8 Å². The van der Waals surface area contributed by atoms with E-state index in [1.165, 1.54) is 96.5 Å². The van der Waals surface area contributed by atoms with E-state index in [9.17, 15) is 18.3 Å². The van der Waals surface area contributed by atoms with Gasteiger partial charge in [-0.1, -0.05) is 109 Å². The lowest BCUT2D eigenvalue weighted by molar-refractivity contribution is -0.124. The van der Waals surface area contributed by atoms with Crippen LogP contribution in [0.3, 0.4) is 0 Å². The molecule has 0 aliphatic rings. The van der Waals surface area contributed by atoms with Crippen LogP contribution in [0.1, 0.15) is 117 Å². The SMILES string of the molecule is CCCCCCCCCCCCCCCCCCNC(=O)[C@@H](NS(=O)(=O)c1cccs1)[C@@H](C)O. The molecule has 0 aliphatic carbocycles. The Bertz CT molecular complexity index is 721. The fourth-order valence-electron chi connectivity index (χ4n) is 4.01. The second-order valence-corrected chi connectivity index (χ2v) is 12.3. The zero-order valence-electron chi connectivity index (χ0n) is 21.4. The van der Waals surface area contributed by atoms with Gasteiger partial charge in [0.1, 0.15) is 10.3 Å². The first-order valence-corrected chi connectivity index (χ1v) is 15.8. The lowest BCUT2D eigenvalue weighted by Crippen LogP contribution is -2.52. The Morgan fingerprint density at radius 2 is 1.35 bits per heavy atom. The summed E-state index contributed by atoms with van der Waals surface area (Å²) in [7, 11) is -3.82. The van der Waals surface area contributed by atoms with E-state index in [0.717, 1.165) is 30.6 Å². The van der Waals surface area contributed by atoms with E-state index < -0.39 is 28.1 Å². The minimum atomic E-state index is -3.82. The maximum absolute atomic E-state index is 12.4. The highest BCUT2D eigenvalue weighted by Gasteiger charge is 2.29. The van der Waals surface area contributed by atoms with Crippen molar-refractivity contribution in [2.75, 3.05) is 6.54 Å². The number of hydrogen-bond donors (Lipinski definition) is 3. The van der Waals surface area contributed by atoms with Crippen LogP contribution in [0.25, 0.3) is 0 Å². The summed E-state index contributed by atoms with van der Waals surface area (Å²) >= 11 is 1.07. The average Bonchev–Trinajstić information content (AvgIpc) is 3.35. The van der Waals surface area contributed by atoms with Gasteiger partial charge in [-0.05, 0) is 24.8 Å². The Kier molecular flexibility index (Phi) is 17.6. The Hall–Kier alpha value is -0.960. The summed E-state index contributed by atoms with van der Waals surface area (Å²) in [5.41, 5.74) is 0. The van der Waals surface area contributed by atoms with E-state index in [4.69, 9.17) is 0 Å². The van der Waals surface area contributed by atoms with Crippen LogP contribution in [-0.4, -0.2) is 38.1 Å². The van der Waals surface area contributed by atoms with Crippen LogP contribution in [0.15, 0.2) is 21.7 Å². The predicted molar refractivity (Wildman–Crippen MR) is 143 cm³/mol. The molecule has 1 aromatic rings. The topological polar surface area (TPSA) is 95.5 Å². The zero-order chi connectivity index (χ0) is 25.1. The molecule has 0 aliphatic heterocycles. The highest BCUT2D eigenvalue weighted by molar-refractivity contribution is 7.91. The van der Waals surface area contributed by atoms with Crippen LogP contribution < -0.4 is 10.0 Å². The molecule has 1 heterocycles. The van der Waals surface area contributed by atoms with Gasteiger partial charge >= 0.3 is 0 Å². The summed E-state index contributed by atoms with van der Waals surface area (Å²) in [4.78, 5) is 12.4. The van der Waals surface area contributed by atoms with Crippen molar-refractivity contribution >= 4 is 27.3 Å². The third kappa shape index (κ3) is 14.4. The van der Waals surface area contributed by atoms with Gasteiger partial charge in [0.05, 0.1) is 6.10 Å². The second-order valence-electron chi connectivity index (χ2n) is 9.37. The smallest absolute Gasteiger partial charge is 0.250 e. The van der Waals surface area contributed by atoms with E-state index in [1.54, 1.807) is 11.4 Å². The molecule has 0 bridgehead atoms. The van der Waals surface area contributed by atoms with Gasteiger partial charge in [-0.3, -0.25) is 4.79 Å². The highest BCUT2D eigenvalue weighted by Crippen LogP contribution is 2.17. The molecule has 1 amide bonds. The van der Waals surface area contributed by atoms with E-state index in [0.29, 0.717) is 6.54 Å². The molecule has 0 radical (unpaired) electrons. The van der Waals surface area contributed by atoms with Gasteiger partial charge in [-0.2, -0.15) is 4.72 Å². The molecule has 0 unspecified atom stereocenters. The molecular formula is C26H48N2O4S2. The fraction of sp³-hybridized carbons (Fsp3) is 0.808. The van der Waals surface area contributed by atoms with Crippen molar-refractivity contribution < 1.29 is 18.3 Å². The van der Waals surface area contributed by atoms with Gasteiger partial charge in [0.25, 0.3) is 10.0 Å². The zero-order valence-corrected chi connectivity index (χ0v) is 23.0. The minimum absolute atomic E-state index is 0.128. The maximum Gasteiger partial charge on any atom is 0.250 e. The Morgan fingerprint density at radius 3 is 1.76 bits per heavy atom. The van der Waals surface area contributed by atoms with E-state index in [1.807, 2.05) is 0 Å². The molecule has 0 saturated heterocycles. The lowest BCUT2D eigenvalue weighted by Gasteiger charge is -2.20. The van der Waals surface area contributed by atoms with Gasteiger partial charge < -0.3 is 10.4 Å². The largest absolute Gasteiger partial charge is 0.391 e. The van der Waals surface area contributed by atoms with E-state index in [-0.39, 0.29) is 4.21 Å². The molecule has 0 aromatic carbocycles. The Labute approximate surface area is 212 Å². The maximum atomic E-state index is 12.4. The van der Waals surface area contributed by atoms with Gasteiger partial charge in [0, 0.05) is 6.54 Å². The molecule has 1 rings (SSSR count). The number of aliphatic hydroxyl groups is 1. The average molecular weight is 517 g/mol. The van der Waals surface area contributed by atoms with Gasteiger partial charge in [-0.15, -0.1) is 11.3 Å². The van der Waals surface area contributed by atoms with Gasteiger partial charge in [0.15, 0.2) is 0 Å². The number of sulfonamides is 1. The van der Waals surface area contributed by atoms with Crippen molar-refractivity contribution in [2.45, 2.75) is 133 Å². The van der Waals surface area contributed by atoms with Crippen molar-refractivity contribution in [2.24, 2.45) is 0 Å². The molecule has 0 saturated carbocycles. The number of aliphatic hydroxyl groups excluding tert-OH is 1. The number of carbonyl (C=O) groups excluding carboxylic acids is 1. The molecule has 8 heteroatoms. The van der Waals surface area contributed by atoms with Crippen LogP contribution in [0.2, 0.25) is 0 Å². The van der Waals surface area contributed by atoms with Crippen LogP contribution in [0, 0.1) is 0 Å². The monoisotopic (exact) mass is 516 g/mol. The molecule has 198 valence electrons. The predicted octanol–water partition coefficient (Wildman–Crippen LogP) is 6.15. The number of unbranched alkanes of at least 4 members (excludes halogenated alkanes) is 15. The normalized spacial score (nSPS) is 13.6. The third-order valence-corrected chi connectivity index (χ3v) is 8.98. The van der Waals surface area contributed by atoms with Crippen molar-refractivity contribution in [3.63, 3.8) is 0 Å². The number of thiophene rings is 1. The minimum Gasteiger partial charge on any atom is -0.391 e. The lowest BCUT2D eigenvalue weighted by atomic mass is 10.0. The summed E-state index contributed by atoms with van der Waals surface area (Å²) in [6.45, 7) is 4.16. The Morgan fingerprint density at radius 1 is 0.882 bits per heavy atom. The van der Waals surface area contributed by atoms with Gasteiger partial charge in [-0.25, -0.2) is 8.42 Å². The molecular weight excluding hydrogens is 468 g/mol. The summed E-state index contributed by atoms with van der Waals surface area (Å²) in [5, 5.41) is 14.3. The summed E-state index contributed by atoms with van der Waals surface area (Å²) in [6.07, 6.45) is 19.5. The van der Waals surface area contributed by atoms with Crippen molar-refractivity contribution in [1.82, 2.24) is 10.0 Å². The van der Waals surface area contributed by atoms with Gasteiger partial charge in [0.2, 0.25) is 5.91 Å². The summed E-state index contributed by atoms with van der Waals surface area (Å²) in [6, 6.07) is 1.90. The van der Waals surface area contributed by atoms with E-state index >= 15 is 0 Å². The molecule has 2 atom stereocenters. The molecule has 6 nitrogen and oxygen atoms in total. The van der Waals surface area contributed by atoms with Crippen LogP contribution >= 0.6 is 11.3 Å². The highest BCUT2D eigenvalue weighted by atomic mass is 32.2. The first-order chi connectivity index (χ1) is 16.4. The van der Waals surface area contributed by atoms with Crippen molar-refractivity contribution in [1.29, 1.82) is 0 Å². The van der Waals surface area contributed by atoms with Crippen molar-refractivity contribution in [3.05, 3.63) is 17.5 Å². The Balaban J connectivity index is 2.01. The molecule has 34 heavy (non-hydrogen) atoms. The van der Waals surface area contributed by atoms with Crippen LogP contribution in [0.5, 0.6) is 0 Å². The fourth-order valence-corrected chi connectivity index (χ4v) is 6.29. The summed E-state index contributed by atoms with van der Waals surface area (Å²) in [5.74, 6) is -0.490. The quantitative estimate of drug-likeness (QED) is 0.161. The first-order valence-electron chi connectivity index (χ1n) is 13.4. The molecule has 1 aromatic heterocycles. The number of nitrogens with one attached hydrogen (secondary N) is 2. The number of rotatable bonds is 22. The number of hydrogen-bond acceptors (Lipinski definition) is 5. The number of carbonyl (C=O) groups is 1. The van der Waals surface area contributed by atoms with Crippen LogP contribution in [0.4, 0.5) is 0 Å². The molecule has 0 fully saturated rings. The second kappa shape index (κ2) is 19.3. The van der Waals surface area contributed by atoms with E-state index in [2.05, 4.69) is 17.0 Å².